The Bertz CT molecular complexity index is 902. The maximum atomic E-state index is 12.0. The SMILES string of the molecule is Cc1c(Br)ccc(NC(=O)COC(=O)CCC(=O)Nc2ccccc2Cl)c1C. The molecule has 28 heavy (non-hydrogen) atoms. The average Bonchev–Trinajstić information content (AvgIpc) is 2.67. The summed E-state index contributed by atoms with van der Waals surface area (Å²) in [6.07, 6.45) is -0.212. The fraction of sp³-hybridized carbons (Fsp3) is 0.250. The molecular formula is C20H20BrClN2O4. The van der Waals surface area contributed by atoms with Gasteiger partial charge in [-0.3, -0.25) is 14.4 Å². The molecule has 2 N–H and O–H groups in total. The van der Waals surface area contributed by atoms with Gasteiger partial charge in [0.2, 0.25) is 5.91 Å². The van der Waals surface area contributed by atoms with Crippen LogP contribution >= 0.6 is 27.5 Å². The number of ether oxygens (including phenoxy) is 1. The molecule has 0 saturated carbocycles. The van der Waals surface area contributed by atoms with E-state index in [1.165, 1.54) is 0 Å². The lowest BCUT2D eigenvalue weighted by molar-refractivity contribution is -0.147. The van der Waals surface area contributed by atoms with Gasteiger partial charge >= 0.3 is 5.97 Å². The molecule has 0 bridgehead atoms. The van der Waals surface area contributed by atoms with Crippen LogP contribution in [0.1, 0.15) is 24.0 Å². The van der Waals surface area contributed by atoms with Crippen LogP contribution in [0.4, 0.5) is 11.4 Å². The first-order chi connectivity index (χ1) is 13.3. The maximum Gasteiger partial charge on any atom is 0.306 e. The minimum Gasteiger partial charge on any atom is -0.456 e. The van der Waals surface area contributed by atoms with Crippen molar-refractivity contribution in [1.29, 1.82) is 0 Å². The Kier molecular flexibility index (Phi) is 8.02. The number of amides is 2. The third kappa shape index (κ3) is 6.35. The van der Waals surface area contributed by atoms with Crippen molar-refractivity contribution in [2.45, 2.75) is 26.7 Å². The second kappa shape index (κ2) is 10.2. The van der Waals surface area contributed by atoms with E-state index in [0.29, 0.717) is 16.4 Å². The van der Waals surface area contributed by atoms with Crippen molar-refractivity contribution in [1.82, 2.24) is 0 Å². The topological polar surface area (TPSA) is 84.5 Å². The number of para-hydroxylation sites is 1. The van der Waals surface area contributed by atoms with E-state index >= 15 is 0 Å². The highest BCUT2D eigenvalue weighted by molar-refractivity contribution is 9.10. The predicted molar refractivity (Wildman–Crippen MR) is 113 cm³/mol. The molecule has 148 valence electrons. The van der Waals surface area contributed by atoms with E-state index < -0.39 is 18.5 Å². The lowest BCUT2D eigenvalue weighted by Crippen LogP contribution is -2.22. The van der Waals surface area contributed by atoms with E-state index in [2.05, 4.69) is 26.6 Å². The fourth-order valence-corrected chi connectivity index (χ4v) is 2.93. The molecule has 0 atom stereocenters. The van der Waals surface area contributed by atoms with Crippen molar-refractivity contribution in [3.8, 4) is 0 Å². The number of hydrogen-bond acceptors (Lipinski definition) is 4. The fourth-order valence-electron chi connectivity index (χ4n) is 2.32. The Morgan fingerprint density at radius 2 is 1.61 bits per heavy atom. The molecule has 0 spiro atoms. The number of rotatable bonds is 7. The number of benzene rings is 2. The molecule has 0 heterocycles. The van der Waals surface area contributed by atoms with Crippen molar-refractivity contribution in [2.24, 2.45) is 0 Å². The zero-order valence-electron chi connectivity index (χ0n) is 15.5. The Labute approximate surface area is 176 Å². The number of carbonyl (C=O) groups is 3. The van der Waals surface area contributed by atoms with Crippen molar-refractivity contribution in [3.63, 3.8) is 0 Å². The molecule has 6 nitrogen and oxygen atoms in total. The van der Waals surface area contributed by atoms with Crippen LogP contribution in [0.5, 0.6) is 0 Å². The standard InChI is InChI=1S/C20H20BrClN2O4/c1-12-13(2)16(8-7-14(12)21)23-19(26)11-28-20(27)10-9-18(25)24-17-6-4-3-5-15(17)22/h3-8H,9-11H2,1-2H3,(H,23,26)(H,24,25). The third-order valence-corrected chi connectivity index (χ3v) is 5.25. The largest absolute Gasteiger partial charge is 0.456 e. The first kappa shape index (κ1) is 21.9. The second-order valence-corrected chi connectivity index (χ2v) is 7.34. The number of carbonyl (C=O) groups excluding carboxylic acids is 3. The summed E-state index contributed by atoms with van der Waals surface area (Å²) in [4.78, 5) is 35.6. The molecule has 0 fully saturated rings. The highest BCUT2D eigenvalue weighted by atomic mass is 79.9. The van der Waals surface area contributed by atoms with Gasteiger partial charge in [0.15, 0.2) is 6.61 Å². The molecular weight excluding hydrogens is 448 g/mol. The van der Waals surface area contributed by atoms with E-state index in [4.69, 9.17) is 16.3 Å². The molecule has 0 saturated heterocycles. The smallest absolute Gasteiger partial charge is 0.306 e. The predicted octanol–water partition coefficient (Wildman–Crippen LogP) is 4.62. The van der Waals surface area contributed by atoms with Gasteiger partial charge in [-0.25, -0.2) is 0 Å². The zero-order chi connectivity index (χ0) is 20.7. The van der Waals surface area contributed by atoms with Crippen LogP contribution in [0.25, 0.3) is 0 Å². The third-order valence-electron chi connectivity index (χ3n) is 4.06. The molecule has 2 aromatic carbocycles. The van der Waals surface area contributed by atoms with Crippen LogP contribution in [-0.2, 0) is 19.1 Å². The molecule has 0 aliphatic carbocycles. The highest BCUT2D eigenvalue weighted by Crippen LogP contribution is 2.25. The minimum absolute atomic E-state index is 0.0727. The quantitative estimate of drug-likeness (QED) is 0.582. The van der Waals surface area contributed by atoms with Gasteiger partial charge in [0.1, 0.15) is 0 Å². The number of halogens is 2. The summed E-state index contributed by atoms with van der Waals surface area (Å²) < 4.78 is 5.88. The molecule has 0 aliphatic heterocycles. The second-order valence-electron chi connectivity index (χ2n) is 6.08. The van der Waals surface area contributed by atoms with Crippen molar-refractivity contribution >= 4 is 56.7 Å². The van der Waals surface area contributed by atoms with Crippen molar-refractivity contribution in [3.05, 3.63) is 57.0 Å². The summed E-state index contributed by atoms with van der Waals surface area (Å²) >= 11 is 9.39. The molecule has 0 unspecified atom stereocenters. The number of hydrogen-bond donors (Lipinski definition) is 2. The van der Waals surface area contributed by atoms with Gasteiger partial charge < -0.3 is 15.4 Å². The van der Waals surface area contributed by atoms with E-state index in [1.54, 1.807) is 30.3 Å². The number of esters is 1. The van der Waals surface area contributed by atoms with Gasteiger partial charge in [0.05, 0.1) is 17.1 Å². The van der Waals surface area contributed by atoms with Crippen LogP contribution < -0.4 is 10.6 Å². The van der Waals surface area contributed by atoms with E-state index in [1.807, 2.05) is 19.9 Å². The Balaban J connectivity index is 1.75. The Hall–Kier alpha value is -2.38. The van der Waals surface area contributed by atoms with E-state index in [0.717, 1.165) is 15.6 Å². The van der Waals surface area contributed by atoms with Crippen LogP contribution in [0.2, 0.25) is 5.02 Å². The lowest BCUT2D eigenvalue weighted by atomic mass is 10.1. The summed E-state index contributed by atoms with van der Waals surface area (Å²) in [6.45, 7) is 3.40. The van der Waals surface area contributed by atoms with Gasteiger partial charge in [-0.05, 0) is 49.2 Å². The molecule has 2 amide bonds. The van der Waals surface area contributed by atoms with E-state index in [9.17, 15) is 14.4 Å². The molecule has 0 radical (unpaired) electrons. The van der Waals surface area contributed by atoms with Gasteiger partial charge in [-0.1, -0.05) is 39.7 Å². The molecule has 2 aromatic rings. The highest BCUT2D eigenvalue weighted by Gasteiger charge is 2.13. The lowest BCUT2D eigenvalue weighted by Gasteiger charge is -2.12. The first-order valence-corrected chi connectivity index (χ1v) is 9.70. The monoisotopic (exact) mass is 466 g/mol. The molecule has 0 aromatic heterocycles. The number of anilines is 2. The van der Waals surface area contributed by atoms with E-state index in [-0.39, 0.29) is 18.7 Å². The van der Waals surface area contributed by atoms with Crippen LogP contribution in [-0.4, -0.2) is 24.4 Å². The zero-order valence-corrected chi connectivity index (χ0v) is 17.8. The van der Waals surface area contributed by atoms with Gasteiger partial charge in [-0.2, -0.15) is 0 Å². The van der Waals surface area contributed by atoms with Crippen LogP contribution in [0.3, 0.4) is 0 Å². The first-order valence-electron chi connectivity index (χ1n) is 8.53. The van der Waals surface area contributed by atoms with Gasteiger partial charge in [0.25, 0.3) is 5.91 Å². The van der Waals surface area contributed by atoms with Gasteiger partial charge in [0, 0.05) is 16.6 Å². The summed E-state index contributed by atoms with van der Waals surface area (Å²) in [5.41, 5.74) is 3.06. The van der Waals surface area contributed by atoms with Crippen molar-refractivity contribution in [2.75, 3.05) is 17.2 Å². The van der Waals surface area contributed by atoms with Crippen molar-refractivity contribution < 1.29 is 19.1 Å². The molecule has 8 heteroatoms. The van der Waals surface area contributed by atoms with Gasteiger partial charge in [-0.15, -0.1) is 0 Å². The normalized spacial score (nSPS) is 10.3. The summed E-state index contributed by atoms with van der Waals surface area (Å²) in [5, 5.41) is 5.73. The minimum atomic E-state index is -0.631. The summed E-state index contributed by atoms with van der Waals surface area (Å²) in [6, 6.07) is 10.4. The Morgan fingerprint density at radius 3 is 2.32 bits per heavy atom. The van der Waals surface area contributed by atoms with Crippen LogP contribution in [0.15, 0.2) is 40.9 Å². The maximum absolute atomic E-state index is 12.0. The number of nitrogens with one attached hydrogen (secondary N) is 2. The van der Waals surface area contributed by atoms with Crippen LogP contribution in [0, 0.1) is 13.8 Å². The summed E-state index contributed by atoms with van der Waals surface area (Å²) in [7, 11) is 0. The Morgan fingerprint density at radius 1 is 0.929 bits per heavy atom. The molecule has 2 rings (SSSR count). The summed E-state index contributed by atoms with van der Waals surface area (Å²) in [5.74, 6) is -1.44. The average molecular weight is 468 g/mol. The molecule has 0 aliphatic rings.